The van der Waals surface area contributed by atoms with Crippen molar-refractivity contribution in [3.63, 3.8) is 0 Å². The van der Waals surface area contributed by atoms with Gasteiger partial charge < -0.3 is 16.2 Å². The number of nitrogens with two attached hydrogens (primary N) is 1. The van der Waals surface area contributed by atoms with Crippen LogP contribution in [0.3, 0.4) is 0 Å². The lowest BCUT2D eigenvalue weighted by molar-refractivity contribution is 0.0697. The van der Waals surface area contributed by atoms with Gasteiger partial charge in [-0.3, -0.25) is 0 Å². The molecule has 0 fully saturated rings. The Bertz CT molecular complexity index is 555. The minimum absolute atomic E-state index is 0.213. The van der Waals surface area contributed by atoms with Crippen molar-refractivity contribution >= 4 is 23.2 Å². The third-order valence-corrected chi connectivity index (χ3v) is 2.21. The zero-order valence-corrected chi connectivity index (χ0v) is 8.92. The van der Waals surface area contributed by atoms with Crippen LogP contribution in [-0.4, -0.2) is 16.1 Å². The van der Waals surface area contributed by atoms with Crippen LogP contribution >= 0.6 is 0 Å². The van der Waals surface area contributed by atoms with E-state index in [0.29, 0.717) is 17.2 Å². The predicted molar refractivity (Wildman–Crippen MR) is 65.3 cm³/mol. The Morgan fingerprint density at radius 2 is 2.12 bits per heavy atom. The van der Waals surface area contributed by atoms with Gasteiger partial charge in [-0.25, -0.2) is 9.78 Å². The summed E-state index contributed by atoms with van der Waals surface area (Å²) < 4.78 is 0. The highest BCUT2D eigenvalue weighted by molar-refractivity contribution is 5.89. The van der Waals surface area contributed by atoms with E-state index in [1.54, 1.807) is 30.5 Å². The van der Waals surface area contributed by atoms with Crippen LogP contribution in [0.2, 0.25) is 0 Å². The van der Waals surface area contributed by atoms with Crippen molar-refractivity contribution in [1.29, 1.82) is 0 Å². The van der Waals surface area contributed by atoms with Gasteiger partial charge in [-0.2, -0.15) is 0 Å². The molecule has 17 heavy (non-hydrogen) atoms. The van der Waals surface area contributed by atoms with Crippen LogP contribution in [0, 0.1) is 0 Å². The maximum Gasteiger partial charge on any atom is 0.335 e. The summed E-state index contributed by atoms with van der Waals surface area (Å²) in [7, 11) is 0. The summed E-state index contributed by atoms with van der Waals surface area (Å²) in [5.41, 5.74) is 7.08. The molecule has 0 aliphatic heterocycles. The summed E-state index contributed by atoms with van der Waals surface area (Å²) in [4.78, 5) is 14.9. The number of benzene rings is 1. The number of carboxylic acids is 1. The normalized spacial score (nSPS) is 9.88. The molecule has 1 heterocycles. The molecule has 0 aliphatic rings. The quantitative estimate of drug-likeness (QED) is 0.750. The molecular weight excluding hydrogens is 218 g/mol. The maximum absolute atomic E-state index is 10.8. The molecule has 0 radical (unpaired) electrons. The van der Waals surface area contributed by atoms with Crippen LogP contribution in [0.4, 0.5) is 17.2 Å². The lowest BCUT2D eigenvalue weighted by Gasteiger charge is -2.08. The minimum Gasteiger partial charge on any atom is -0.478 e. The molecule has 0 saturated carbocycles. The van der Waals surface area contributed by atoms with Crippen LogP contribution in [0.5, 0.6) is 0 Å². The fraction of sp³-hybridized carbons (Fsp3) is 0. The number of hydrogen-bond donors (Lipinski definition) is 3. The highest BCUT2D eigenvalue weighted by Crippen LogP contribution is 2.20. The Morgan fingerprint density at radius 1 is 1.29 bits per heavy atom. The van der Waals surface area contributed by atoms with Gasteiger partial charge in [0.15, 0.2) is 5.82 Å². The number of aromatic nitrogens is 1. The molecule has 0 unspecified atom stereocenters. The second-order valence-electron chi connectivity index (χ2n) is 3.45. The van der Waals surface area contributed by atoms with E-state index in [4.69, 9.17) is 10.8 Å². The van der Waals surface area contributed by atoms with E-state index in [0.717, 1.165) is 0 Å². The van der Waals surface area contributed by atoms with Crippen molar-refractivity contribution in [3.8, 4) is 0 Å². The number of nitrogens with zero attached hydrogens (tertiary/aromatic N) is 1. The molecule has 0 aliphatic carbocycles. The summed E-state index contributed by atoms with van der Waals surface area (Å²) in [6, 6.07) is 9.90. The molecular formula is C12H11N3O2. The van der Waals surface area contributed by atoms with Crippen LogP contribution in [0.15, 0.2) is 42.6 Å². The van der Waals surface area contributed by atoms with Crippen molar-refractivity contribution in [2.45, 2.75) is 0 Å². The molecule has 5 heteroatoms. The molecule has 2 rings (SSSR count). The zero-order valence-electron chi connectivity index (χ0n) is 8.92. The highest BCUT2D eigenvalue weighted by Gasteiger charge is 2.04. The summed E-state index contributed by atoms with van der Waals surface area (Å²) in [6.45, 7) is 0. The topological polar surface area (TPSA) is 88.2 Å². The summed E-state index contributed by atoms with van der Waals surface area (Å²) in [6.07, 6.45) is 1.61. The molecule has 0 amide bonds. The van der Waals surface area contributed by atoms with Crippen molar-refractivity contribution in [2.75, 3.05) is 11.1 Å². The molecule has 0 spiro atoms. The third kappa shape index (κ3) is 2.52. The smallest absolute Gasteiger partial charge is 0.335 e. The van der Waals surface area contributed by atoms with Gasteiger partial charge in [-0.1, -0.05) is 6.07 Å². The Balaban J connectivity index is 2.28. The van der Waals surface area contributed by atoms with Gasteiger partial charge in [0.05, 0.1) is 11.3 Å². The van der Waals surface area contributed by atoms with Crippen LogP contribution < -0.4 is 11.1 Å². The summed E-state index contributed by atoms with van der Waals surface area (Å²) in [5.74, 6) is -0.460. The first-order valence-electron chi connectivity index (χ1n) is 4.97. The number of anilines is 3. The fourth-order valence-electron chi connectivity index (χ4n) is 1.39. The number of hydrogen-bond acceptors (Lipinski definition) is 4. The molecule has 0 bridgehead atoms. The van der Waals surface area contributed by atoms with Crippen molar-refractivity contribution in [1.82, 2.24) is 4.98 Å². The lowest BCUT2D eigenvalue weighted by atomic mass is 10.2. The zero-order chi connectivity index (χ0) is 12.3. The molecule has 0 atom stereocenters. The lowest BCUT2D eigenvalue weighted by Crippen LogP contribution is -2.00. The van der Waals surface area contributed by atoms with Gasteiger partial charge >= 0.3 is 5.97 Å². The number of carbonyl (C=O) groups is 1. The van der Waals surface area contributed by atoms with E-state index < -0.39 is 5.97 Å². The Kier molecular flexibility index (Phi) is 2.91. The van der Waals surface area contributed by atoms with E-state index in [9.17, 15) is 4.79 Å². The Morgan fingerprint density at radius 3 is 2.82 bits per heavy atom. The number of aromatic carboxylic acids is 1. The van der Waals surface area contributed by atoms with Crippen LogP contribution in [-0.2, 0) is 0 Å². The number of carboxylic acid groups (broad SMARTS) is 1. The van der Waals surface area contributed by atoms with Crippen LogP contribution in [0.1, 0.15) is 10.4 Å². The van der Waals surface area contributed by atoms with E-state index in [2.05, 4.69) is 10.3 Å². The van der Waals surface area contributed by atoms with Gasteiger partial charge in [-0.05, 0) is 30.3 Å². The molecule has 1 aromatic heterocycles. The summed E-state index contributed by atoms with van der Waals surface area (Å²) in [5, 5.41) is 11.8. The molecule has 2 aromatic rings. The average molecular weight is 229 g/mol. The number of nitrogen functional groups attached to an aromatic ring is 1. The molecule has 5 nitrogen and oxygen atoms in total. The Hall–Kier alpha value is -2.56. The minimum atomic E-state index is -0.970. The molecule has 0 saturated heterocycles. The molecule has 4 N–H and O–H groups in total. The SMILES string of the molecule is Nc1cccnc1Nc1cccc(C(=O)O)c1. The van der Waals surface area contributed by atoms with Gasteiger partial charge in [-0.15, -0.1) is 0 Å². The first-order chi connectivity index (χ1) is 8.16. The van der Waals surface area contributed by atoms with Gasteiger partial charge in [0.2, 0.25) is 0 Å². The second-order valence-corrected chi connectivity index (χ2v) is 3.45. The fourth-order valence-corrected chi connectivity index (χ4v) is 1.39. The monoisotopic (exact) mass is 229 g/mol. The van der Waals surface area contributed by atoms with Crippen molar-refractivity contribution in [3.05, 3.63) is 48.2 Å². The number of rotatable bonds is 3. The first kappa shape index (κ1) is 10.9. The predicted octanol–water partition coefficient (Wildman–Crippen LogP) is 2.11. The largest absolute Gasteiger partial charge is 0.478 e. The number of pyridine rings is 1. The van der Waals surface area contributed by atoms with Gasteiger partial charge in [0, 0.05) is 11.9 Å². The van der Waals surface area contributed by atoms with E-state index in [1.807, 2.05) is 0 Å². The molecule has 1 aromatic carbocycles. The maximum atomic E-state index is 10.8. The second kappa shape index (κ2) is 4.52. The first-order valence-corrected chi connectivity index (χ1v) is 4.97. The highest BCUT2D eigenvalue weighted by atomic mass is 16.4. The van der Waals surface area contributed by atoms with E-state index >= 15 is 0 Å². The average Bonchev–Trinajstić information content (AvgIpc) is 2.32. The third-order valence-electron chi connectivity index (χ3n) is 2.21. The van der Waals surface area contributed by atoms with Crippen LogP contribution in [0.25, 0.3) is 0 Å². The van der Waals surface area contributed by atoms with Crippen molar-refractivity contribution < 1.29 is 9.90 Å². The number of nitrogens with one attached hydrogen (secondary N) is 1. The van der Waals surface area contributed by atoms with E-state index in [-0.39, 0.29) is 5.56 Å². The summed E-state index contributed by atoms with van der Waals surface area (Å²) >= 11 is 0. The standard InChI is InChI=1S/C12H11N3O2/c13-10-5-2-6-14-11(10)15-9-4-1-3-8(7-9)12(16)17/h1-7H,13H2,(H,14,15)(H,16,17). The van der Waals surface area contributed by atoms with E-state index in [1.165, 1.54) is 12.1 Å². The Labute approximate surface area is 97.9 Å². The van der Waals surface area contributed by atoms with Gasteiger partial charge in [0.1, 0.15) is 0 Å². The van der Waals surface area contributed by atoms with Gasteiger partial charge in [0.25, 0.3) is 0 Å². The van der Waals surface area contributed by atoms with Crippen molar-refractivity contribution in [2.24, 2.45) is 0 Å². The molecule has 86 valence electrons.